The van der Waals surface area contributed by atoms with Crippen molar-refractivity contribution in [3.8, 4) is 0 Å². The molecule has 2 rings (SSSR count). The van der Waals surface area contributed by atoms with Crippen LogP contribution in [0.3, 0.4) is 0 Å². The molecule has 0 unspecified atom stereocenters. The molecule has 3 nitrogen and oxygen atoms in total. The zero-order valence-corrected chi connectivity index (χ0v) is 8.35. The van der Waals surface area contributed by atoms with Gasteiger partial charge in [0, 0.05) is 0 Å². The molecular formula is C11H16O3. The van der Waals surface area contributed by atoms with E-state index in [1.807, 2.05) is 12.2 Å². The summed E-state index contributed by atoms with van der Waals surface area (Å²) in [6.07, 6.45) is 6.12. The molecule has 2 aliphatic carbocycles. The lowest BCUT2D eigenvalue weighted by atomic mass is 10.0. The standard InChI is InChI=1S/C11H16O3/c1-14-11(13)10-8-4-2-3-7(12)5-6-9(8)10/h2-3,7-10,12H,4-6H2,1H3/b3-2+/t7-,8+,9-,10-/m0/s1. The number of esters is 1. The Morgan fingerprint density at radius 1 is 1.43 bits per heavy atom. The third kappa shape index (κ3) is 1.69. The van der Waals surface area contributed by atoms with Crippen LogP contribution >= 0.6 is 0 Å². The summed E-state index contributed by atoms with van der Waals surface area (Å²) in [6.45, 7) is 0. The first-order valence-corrected chi connectivity index (χ1v) is 5.16. The van der Waals surface area contributed by atoms with E-state index < -0.39 is 0 Å². The van der Waals surface area contributed by atoms with Gasteiger partial charge in [-0.2, -0.15) is 0 Å². The zero-order valence-electron chi connectivity index (χ0n) is 8.35. The molecule has 0 aliphatic heterocycles. The lowest BCUT2D eigenvalue weighted by Crippen LogP contribution is -2.06. The van der Waals surface area contributed by atoms with Crippen molar-refractivity contribution in [3.05, 3.63) is 12.2 Å². The summed E-state index contributed by atoms with van der Waals surface area (Å²) >= 11 is 0. The molecule has 4 atom stereocenters. The Labute approximate surface area is 83.8 Å². The van der Waals surface area contributed by atoms with Crippen LogP contribution in [0.1, 0.15) is 19.3 Å². The van der Waals surface area contributed by atoms with Gasteiger partial charge in [-0.15, -0.1) is 0 Å². The first kappa shape index (κ1) is 9.71. The van der Waals surface area contributed by atoms with Gasteiger partial charge in [0.05, 0.1) is 19.1 Å². The lowest BCUT2D eigenvalue weighted by molar-refractivity contribution is -0.142. The van der Waals surface area contributed by atoms with Crippen LogP contribution in [0.25, 0.3) is 0 Å². The first-order chi connectivity index (χ1) is 6.74. The molecule has 0 aromatic rings. The molecule has 0 heterocycles. The largest absolute Gasteiger partial charge is 0.469 e. The Hall–Kier alpha value is -0.830. The van der Waals surface area contributed by atoms with Crippen molar-refractivity contribution in [3.63, 3.8) is 0 Å². The second-order valence-electron chi connectivity index (χ2n) is 4.19. The van der Waals surface area contributed by atoms with Gasteiger partial charge in [-0.3, -0.25) is 4.79 Å². The molecule has 0 bridgehead atoms. The molecule has 1 N–H and O–H groups in total. The summed E-state index contributed by atoms with van der Waals surface area (Å²) < 4.78 is 4.75. The van der Waals surface area contributed by atoms with E-state index in [0.29, 0.717) is 11.8 Å². The van der Waals surface area contributed by atoms with Crippen molar-refractivity contribution in [2.75, 3.05) is 7.11 Å². The van der Waals surface area contributed by atoms with E-state index in [9.17, 15) is 9.90 Å². The van der Waals surface area contributed by atoms with E-state index in [4.69, 9.17) is 4.74 Å². The molecule has 0 amide bonds. The van der Waals surface area contributed by atoms with Crippen LogP contribution in [-0.4, -0.2) is 24.3 Å². The lowest BCUT2D eigenvalue weighted by Gasteiger charge is -2.07. The minimum absolute atomic E-state index is 0.0789. The van der Waals surface area contributed by atoms with Crippen LogP contribution in [0, 0.1) is 17.8 Å². The highest BCUT2D eigenvalue weighted by Gasteiger charge is 2.54. The van der Waals surface area contributed by atoms with Gasteiger partial charge in [0.15, 0.2) is 0 Å². The van der Waals surface area contributed by atoms with Gasteiger partial charge in [-0.25, -0.2) is 0 Å². The fraction of sp³-hybridized carbons (Fsp3) is 0.727. The van der Waals surface area contributed by atoms with Gasteiger partial charge in [0.25, 0.3) is 0 Å². The summed E-state index contributed by atoms with van der Waals surface area (Å²) in [5.74, 6) is 0.924. The average molecular weight is 196 g/mol. The maximum atomic E-state index is 11.3. The molecule has 14 heavy (non-hydrogen) atoms. The molecular weight excluding hydrogens is 180 g/mol. The number of ether oxygens (including phenoxy) is 1. The van der Waals surface area contributed by atoms with E-state index in [0.717, 1.165) is 19.3 Å². The predicted octanol–water partition coefficient (Wildman–Crippen LogP) is 1.12. The molecule has 2 aliphatic rings. The first-order valence-electron chi connectivity index (χ1n) is 5.16. The van der Waals surface area contributed by atoms with Crippen LogP contribution in [0.2, 0.25) is 0 Å². The molecule has 0 aromatic carbocycles. The monoisotopic (exact) mass is 196 g/mol. The van der Waals surface area contributed by atoms with Crippen molar-refractivity contribution < 1.29 is 14.6 Å². The van der Waals surface area contributed by atoms with Crippen LogP contribution in [0.5, 0.6) is 0 Å². The Bertz CT molecular complexity index is 259. The quantitative estimate of drug-likeness (QED) is 0.505. The highest BCUT2D eigenvalue weighted by Crippen LogP contribution is 2.53. The third-order valence-corrected chi connectivity index (χ3v) is 3.37. The Balaban J connectivity index is 1.98. The van der Waals surface area contributed by atoms with Crippen molar-refractivity contribution in [2.45, 2.75) is 25.4 Å². The number of aliphatic hydroxyl groups excluding tert-OH is 1. The molecule has 1 saturated carbocycles. The number of hydrogen-bond acceptors (Lipinski definition) is 3. The van der Waals surface area contributed by atoms with Gasteiger partial charge < -0.3 is 9.84 Å². The van der Waals surface area contributed by atoms with Crippen molar-refractivity contribution >= 4 is 5.97 Å². The molecule has 0 aromatic heterocycles. The van der Waals surface area contributed by atoms with Gasteiger partial charge >= 0.3 is 5.97 Å². The average Bonchev–Trinajstić information content (AvgIpc) is 2.83. The Morgan fingerprint density at radius 3 is 2.93 bits per heavy atom. The topological polar surface area (TPSA) is 46.5 Å². The van der Waals surface area contributed by atoms with Crippen LogP contribution in [0.15, 0.2) is 12.2 Å². The number of fused-ring (bicyclic) bond motifs is 1. The van der Waals surface area contributed by atoms with Gasteiger partial charge in [-0.1, -0.05) is 12.2 Å². The predicted molar refractivity (Wildman–Crippen MR) is 51.5 cm³/mol. The van der Waals surface area contributed by atoms with Crippen molar-refractivity contribution in [1.29, 1.82) is 0 Å². The summed E-state index contributed by atoms with van der Waals surface area (Å²) in [6, 6.07) is 0. The van der Waals surface area contributed by atoms with Crippen LogP contribution in [-0.2, 0) is 9.53 Å². The van der Waals surface area contributed by atoms with E-state index in [1.165, 1.54) is 7.11 Å². The minimum atomic E-state index is -0.324. The van der Waals surface area contributed by atoms with E-state index in [1.54, 1.807) is 0 Å². The second-order valence-corrected chi connectivity index (χ2v) is 4.19. The highest BCUT2D eigenvalue weighted by atomic mass is 16.5. The van der Waals surface area contributed by atoms with Gasteiger partial charge in [0.2, 0.25) is 0 Å². The highest BCUT2D eigenvalue weighted by molar-refractivity contribution is 5.76. The van der Waals surface area contributed by atoms with Crippen LogP contribution < -0.4 is 0 Å². The Morgan fingerprint density at radius 2 is 2.21 bits per heavy atom. The smallest absolute Gasteiger partial charge is 0.309 e. The molecule has 1 fully saturated rings. The molecule has 0 radical (unpaired) electrons. The second kappa shape index (κ2) is 3.73. The fourth-order valence-corrected chi connectivity index (χ4v) is 2.50. The number of methoxy groups -OCH3 is 1. The summed E-state index contributed by atoms with van der Waals surface area (Å²) in [5.41, 5.74) is 0. The van der Waals surface area contributed by atoms with Crippen molar-refractivity contribution in [1.82, 2.24) is 0 Å². The number of carbonyl (C=O) groups excluding carboxylic acids is 1. The van der Waals surface area contributed by atoms with E-state index >= 15 is 0 Å². The summed E-state index contributed by atoms with van der Waals surface area (Å²) in [4.78, 5) is 11.3. The normalized spacial score (nSPS) is 43.0. The molecule has 0 spiro atoms. The summed E-state index contributed by atoms with van der Waals surface area (Å²) in [7, 11) is 1.44. The number of rotatable bonds is 1. The number of aliphatic hydroxyl groups is 1. The Kier molecular flexibility index (Phi) is 2.59. The number of carbonyl (C=O) groups is 1. The number of allylic oxidation sites excluding steroid dienone is 1. The van der Waals surface area contributed by atoms with Gasteiger partial charge in [0.1, 0.15) is 0 Å². The minimum Gasteiger partial charge on any atom is -0.469 e. The van der Waals surface area contributed by atoms with E-state index in [-0.39, 0.29) is 18.0 Å². The van der Waals surface area contributed by atoms with Gasteiger partial charge in [-0.05, 0) is 31.1 Å². The van der Waals surface area contributed by atoms with E-state index in [2.05, 4.69) is 0 Å². The maximum absolute atomic E-state index is 11.3. The number of hydrogen-bond donors (Lipinski definition) is 1. The SMILES string of the molecule is COC(=O)[C@H]1[C@@H]2C/C=C/[C@H](O)CC[C@@H]21. The molecule has 3 heteroatoms. The maximum Gasteiger partial charge on any atom is 0.309 e. The van der Waals surface area contributed by atoms with Crippen molar-refractivity contribution in [2.24, 2.45) is 17.8 Å². The molecule has 78 valence electrons. The fourth-order valence-electron chi connectivity index (χ4n) is 2.50. The summed E-state index contributed by atoms with van der Waals surface area (Å²) in [5, 5.41) is 9.43. The third-order valence-electron chi connectivity index (χ3n) is 3.37. The zero-order chi connectivity index (χ0) is 10.1. The molecule has 0 saturated heterocycles. The van der Waals surface area contributed by atoms with Crippen LogP contribution in [0.4, 0.5) is 0 Å².